The number of nitrogen functional groups attached to an aromatic ring is 1. The van der Waals surface area contributed by atoms with Gasteiger partial charge in [0.25, 0.3) is 0 Å². The number of benzene rings is 1. The molecule has 0 radical (unpaired) electrons. The molecule has 5 heteroatoms. The number of carbonyl (C=O) groups excluding carboxylic acids is 1. The molecular weight excluding hydrogens is 318 g/mol. The van der Waals surface area contributed by atoms with Gasteiger partial charge >= 0.3 is 0 Å². The summed E-state index contributed by atoms with van der Waals surface area (Å²) in [4.78, 5) is 20.4. The fourth-order valence-electron chi connectivity index (χ4n) is 3.65. The van der Waals surface area contributed by atoms with E-state index in [4.69, 9.17) is 5.73 Å². The number of fused-ring (bicyclic) bond motifs is 1. The van der Waals surface area contributed by atoms with Gasteiger partial charge in [-0.1, -0.05) is 36.4 Å². The van der Waals surface area contributed by atoms with Gasteiger partial charge in [-0.2, -0.15) is 0 Å². The molecule has 124 valence electrons. The summed E-state index contributed by atoms with van der Waals surface area (Å²) < 4.78 is 0. The SMILES string of the molecule is Nc1nc2c(s1)CC(C(=O)N1CC=C(c3ccccc3)CC1)CC2. The zero-order chi connectivity index (χ0) is 16.5. The monoisotopic (exact) mass is 339 g/mol. The number of carbonyl (C=O) groups is 1. The second-order valence-electron chi connectivity index (χ2n) is 6.49. The number of hydrogen-bond acceptors (Lipinski definition) is 4. The lowest BCUT2D eigenvalue weighted by Gasteiger charge is -2.31. The van der Waals surface area contributed by atoms with Crippen LogP contribution < -0.4 is 5.73 Å². The lowest BCUT2D eigenvalue weighted by Crippen LogP contribution is -2.40. The Labute approximate surface area is 146 Å². The van der Waals surface area contributed by atoms with Crippen molar-refractivity contribution < 1.29 is 4.79 Å². The highest BCUT2D eigenvalue weighted by Crippen LogP contribution is 2.32. The number of nitrogens with two attached hydrogens (primary N) is 1. The Bertz CT molecular complexity index is 781. The molecule has 1 unspecified atom stereocenters. The van der Waals surface area contributed by atoms with Gasteiger partial charge in [-0.15, -0.1) is 11.3 Å². The Kier molecular flexibility index (Phi) is 4.10. The number of hydrogen-bond donors (Lipinski definition) is 1. The summed E-state index contributed by atoms with van der Waals surface area (Å²) in [6.45, 7) is 1.53. The standard InChI is InChI=1S/C19H21N3OS/c20-19-21-16-7-6-15(12-17(16)24-19)18(23)22-10-8-14(9-11-22)13-4-2-1-3-5-13/h1-5,8,15H,6-7,9-12H2,(H2,20,21). The van der Waals surface area contributed by atoms with Gasteiger partial charge < -0.3 is 10.6 Å². The Balaban J connectivity index is 1.43. The second kappa shape index (κ2) is 6.40. The summed E-state index contributed by atoms with van der Waals surface area (Å²) in [6.07, 6.45) is 5.70. The molecule has 2 N–H and O–H groups in total. The van der Waals surface area contributed by atoms with Gasteiger partial charge in [0.1, 0.15) is 0 Å². The van der Waals surface area contributed by atoms with Crippen molar-refractivity contribution in [2.75, 3.05) is 18.8 Å². The van der Waals surface area contributed by atoms with E-state index in [0.717, 1.165) is 44.5 Å². The van der Waals surface area contributed by atoms with Crippen molar-refractivity contribution >= 4 is 27.9 Å². The van der Waals surface area contributed by atoms with Crippen molar-refractivity contribution in [3.05, 3.63) is 52.5 Å². The highest BCUT2D eigenvalue weighted by molar-refractivity contribution is 7.15. The molecule has 1 atom stereocenters. The van der Waals surface area contributed by atoms with Gasteiger partial charge in [0.2, 0.25) is 5.91 Å². The van der Waals surface area contributed by atoms with Crippen LogP contribution in [0.5, 0.6) is 0 Å². The van der Waals surface area contributed by atoms with Gasteiger partial charge in [-0.25, -0.2) is 4.98 Å². The Morgan fingerprint density at radius 3 is 2.83 bits per heavy atom. The number of aromatic nitrogens is 1. The molecule has 2 heterocycles. The number of amides is 1. The van der Waals surface area contributed by atoms with E-state index in [1.165, 1.54) is 27.4 Å². The van der Waals surface area contributed by atoms with Gasteiger partial charge in [0.05, 0.1) is 5.69 Å². The normalized spacial score (nSPS) is 20.4. The van der Waals surface area contributed by atoms with E-state index in [2.05, 4.69) is 35.3 Å². The van der Waals surface area contributed by atoms with Gasteiger partial charge in [0.15, 0.2) is 5.13 Å². The minimum Gasteiger partial charge on any atom is -0.375 e. The molecule has 1 aliphatic heterocycles. The van der Waals surface area contributed by atoms with Crippen molar-refractivity contribution in [3.63, 3.8) is 0 Å². The zero-order valence-corrected chi connectivity index (χ0v) is 14.4. The molecular formula is C19H21N3OS. The maximum atomic E-state index is 12.9. The van der Waals surface area contributed by atoms with Gasteiger partial charge in [-0.05, 0) is 36.8 Å². The van der Waals surface area contributed by atoms with Crippen LogP contribution in [0.3, 0.4) is 0 Å². The summed E-state index contributed by atoms with van der Waals surface area (Å²) in [6, 6.07) is 10.4. The summed E-state index contributed by atoms with van der Waals surface area (Å²) >= 11 is 1.54. The molecule has 2 aromatic rings. The molecule has 0 bridgehead atoms. The third kappa shape index (κ3) is 2.96. The van der Waals surface area contributed by atoms with E-state index < -0.39 is 0 Å². The van der Waals surface area contributed by atoms with E-state index in [1.807, 2.05) is 11.0 Å². The van der Waals surface area contributed by atoms with Crippen LogP contribution in [0.15, 0.2) is 36.4 Å². The lowest BCUT2D eigenvalue weighted by atomic mass is 9.89. The first-order valence-electron chi connectivity index (χ1n) is 8.48. The molecule has 1 aliphatic carbocycles. The highest BCUT2D eigenvalue weighted by atomic mass is 32.1. The number of rotatable bonds is 2. The Hall–Kier alpha value is -2.14. The van der Waals surface area contributed by atoms with Crippen LogP contribution in [-0.2, 0) is 17.6 Å². The quantitative estimate of drug-likeness (QED) is 0.914. The number of anilines is 1. The first-order valence-corrected chi connectivity index (χ1v) is 9.29. The van der Waals surface area contributed by atoms with Crippen LogP contribution in [0.1, 0.15) is 29.0 Å². The first kappa shape index (κ1) is 15.4. The summed E-state index contributed by atoms with van der Waals surface area (Å²) in [5.41, 5.74) is 9.52. The molecule has 4 rings (SSSR count). The predicted octanol–water partition coefficient (Wildman–Crippen LogP) is 3.15. The number of nitrogens with zero attached hydrogens (tertiary/aromatic N) is 2. The average molecular weight is 339 g/mol. The maximum absolute atomic E-state index is 12.9. The molecule has 1 amide bonds. The van der Waals surface area contributed by atoms with E-state index in [1.54, 1.807) is 0 Å². The topological polar surface area (TPSA) is 59.2 Å². The fraction of sp³-hybridized carbons (Fsp3) is 0.368. The molecule has 0 fully saturated rings. The molecule has 0 spiro atoms. The molecule has 1 aromatic heterocycles. The molecule has 4 nitrogen and oxygen atoms in total. The molecule has 2 aliphatic rings. The van der Waals surface area contributed by atoms with Crippen LogP contribution >= 0.6 is 11.3 Å². The van der Waals surface area contributed by atoms with Crippen molar-refractivity contribution in [2.24, 2.45) is 5.92 Å². The largest absolute Gasteiger partial charge is 0.375 e. The van der Waals surface area contributed by atoms with Crippen molar-refractivity contribution in [1.29, 1.82) is 0 Å². The molecule has 0 saturated heterocycles. The van der Waals surface area contributed by atoms with Crippen LogP contribution in [0.4, 0.5) is 5.13 Å². The van der Waals surface area contributed by atoms with Crippen molar-refractivity contribution in [1.82, 2.24) is 9.88 Å². The van der Waals surface area contributed by atoms with E-state index >= 15 is 0 Å². The van der Waals surface area contributed by atoms with E-state index in [9.17, 15) is 4.79 Å². The Morgan fingerprint density at radius 2 is 2.08 bits per heavy atom. The van der Waals surface area contributed by atoms with Gasteiger partial charge in [0, 0.05) is 23.9 Å². The predicted molar refractivity (Wildman–Crippen MR) is 97.7 cm³/mol. The molecule has 1 aromatic carbocycles. The first-order chi connectivity index (χ1) is 11.7. The van der Waals surface area contributed by atoms with E-state index in [0.29, 0.717) is 5.13 Å². The van der Waals surface area contributed by atoms with Crippen LogP contribution in [0.2, 0.25) is 0 Å². The zero-order valence-electron chi connectivity index (χ0n) is 13.6. The summed E-state index contributed by atoms with van der Waals surface area (Å²) in [7, 11) is 0. The second-order valence-corrected chi connectivity index (χ2v) is 7.61. The Morgan fingerprint density at radius 1 is 1.25 bits per heavy atom. The van der Waals surface area contributed by atoms with Crippen molar-refractivity contribution in [3.8, 4) is 0 Å². The smallest absolute Gasteiger partial charge is 0.226 e. The summed E-state index contributed by atoms with van der Waals surface area (Å²) in [5.74, 6) is 0.375. The lowest BCUT2D eigenvalue weighted by molar-refractivity contribution is -0.135. The van der Waals surface area contributed by atoms with Crippen LogP contribution in [0, 0.1) is 5.92 Å². The van der Waals surface area contributed by atoms with Crippen LogP contribution in [-0.4, -0.2) is 28.9 Å². The van der Waals surface area contributed by atoms with Crippen LogP contribution in [0.25, 0.3) is 5.57 Å². The minimum absolute atomic E-state index is 0.0871. The third-order valence-electron chi connectivity index (χ3n) is 4.97. The third-order valence-corrected chi connectivity index (χ3v) is 5.92. The number of aryl methyl sites for hydroxylation is 1. The molecule has 0 saturated carbocycles. The average Bonchev–Trinajstić information content (AvgIpc) is 3.01. The van der Waals surface area contributed by atoms with Crippen molar-refractivity contribution in [2.45, 2.75) is 25.7 Å². The fourth-order valence-corrected chi connectivity index (χ4v) is 4.61. The maximum Gasteiger partial charge on any atom is 0.226 e. The minimum atomic E-state index is 0.0871. The summed E-state index contributed by atoms with van der Waals surface area (Å²) in [5, 5.41) is 0.626. The van der Waals surface area contributed by atoms with Gasteiger partial charge in [-0.3, -0.25) is 4.79 Å². The molecule has 24 heavy (non-hydrogen) atoms. The number of thiazole rings is 1. The van der Waals surface area contributed by atoms with E-state index in [-0.39, 0.29) is 11.8 Å². The highest BCUT2D eigenvalue weighted by Gasteiger charge is 2.30.